The third kappa shape index (κ3) is 9.50. The first kappa shape index (κ1) is 23.6. The summed E-state index contributed by atoms with van der Waals surface area (Å²) in [7, 11) is 0. The smallest absolute Gasteiger partial charge is 0.359 e. The SMILES string of the molecule is CCCCCCCCc1ccc(C[N+](CC(=O)O)(CC(=O)O)CC(=O)O)cc1. The number of aryl methyl sites for hydroxylation is 1. The number of rotatable bonds is 15. The molecule has 7 heteroatoms. The maximum absolute atomic E-state index is 11.2. The van der Waals surface area contributed by atoms with Gasteiger partial charge in [0, 0.05) is 5.56 Å². The Hall–Kier alpha value is -2.41. The normalized spacial score (nSPS) is 11.3. The maximum Gasteiger partial charge on any atom is 0.359 e. The van der Waals surface area contributed by atoms with Crippen LogP contribution in [-0.4, -0.2) is 57.3 Å². The molecule has 0 bridgehead atoms. The number of aliphatic carboxylic acids is 3. The molecule has 0 saturated carbocycles. The number of benzene rings is 1. The minimum absolute atomic E-state index is 0.0438. The van der Waals surface area contributed by atoms with E-state index in [9.17, 15) is 14.4 Å². The van der Waals surface area contributed by atoms with Crippen molar-refractivity contribution in [3.8, 4) is 0 Å². The summed E-state index contributed by atoms with van der Waals surface area (Å²) in [6.45, 7) is 0.564. The van der Waals surface area contributed by atoms with E-state index >= 15 is 0 Å². The van der Waals surface area contributed by atoms with E-state index in [1.54, 1.807) is 0 Å². The zero-order chi connectivity index (χ0) is 21.0. The average molecular weight is 394 g/mol. The van der Waals surface area contributed by atoms with Gasteiger partial charge < -0.3 is 15.3 Å². The zero-order valence-electron chi connectivity index (χ0n) is 16.6. The van der Waals surface area contributed by atoms with Gasteiger partial charge in [0.05, 0.1) is 0 Å². The number of hydrogen-bond donors (Lipinski definition) is 3. The Bertz CT molecular complexity index is 600. The zero-order valence-corrected chi connectivity index (χ0v) is 16.6. The molecule has 0 fully saturated rings. The summed E-state index contributed by atoms with van der Waals surface area (Å²) < 4.78 is -0.559. The van der Waals surface area contributed by atoms with Crippen molar-refractivity contribution in [1.29, 1.82) is 0 Å². The Balaban J connectivity index is 2.75. The molecule has 1 aromatic rings. The summed E-state index contributed by atoms with van der Waals surface area (Å²) in [5.74, 6) is -3.66. The molecule has 3 N–H and O–H groups in total. The fourth-order valence-corrected chi connectivity index (χ4v) is 3.50. The second kappa shape index (κ2) is 12.1. The van der Waals surface area contributed by atoms with Gasteiger partial charge in [-0.25, -0.2) is 14.4 Å². The summed E-state index contributed by atoms with van der Waals surface area (Å²) in [6, 6.07) is 7.59. The molecule has 0 aliphatic rings. The predicted molar refractivity (Wildman–Crippen MR) is 105 cm³/mol. The highest BCUT2D eigenvalue weighted by Gasteiger charge is 2.36. The minimum atomic E-state index is -1.22. The first-order valence-corrected chi connectivity index (χ1v) is 9.84. The van der Waals surface area contributed by atoms with Crippen molar-refractivity contribution in [1.82, 2.24) is 0 Å². The van der Waals surface area contributed by atoms with Crippen molar-refractivity contribution in [3.63, 3.8) is 0 Å². The van der Waals surface area contributed by atoms with Crippen LogP contribution >= 0.6 is 0 Å². The minimum Gasteiger partial charge on any atom is -0.477 e. The van der Waals surface area contributed by atoms with E-state index in [1.165, 1.54) is 37.7 Å². The van der Waals surface area contributed by atoms with E-state index in [4.69, 9.17) is 15.3 Å². The van der Waals surface area contributed by atoms with Gasteiger partial charge in [-0.1, -0.05) is 63.3 Å². The van der Waals surface area contributed by atoms with Crippen LogP contribution < -0.4 is 0 Å². The summed E-state index contributed by atoms with van der Waals surface area (Å²) in [5, 5.41) is 27.5. The first-order valence-electron chi connectivity index (χ1n) is 9.84. The van der Waals surface area contributed by atoms with E-state index < -0.39 is 42.0 Å². The Morgan fingerprint density at radius 3 is 1.61 bits per heavy atom. The van der Waals surface area contributed by atoms with Crippen LogP contribution in [0.1, 0.15) is 56.6 Å². The Kier molecular flexibility index (Phi) is 10.2. The van der Waals surface area contributed by atoms with Crippen molar-refractivity contribution >= 4 is 17.9 Å². The molecule has 0 radical (unpaired) electrons. The topological polar surface area (TPSA) is 112 Å². The lowest BCUT2D eigenvalue weighted by Gasteiger charge is -2.34. The number of nitrogens with zero attached hydrogens (tertiary/aromatic N) is 1. The average Bonchev–Trinajstić information content (AvgIpc) is 2.57. The summed E-state index contributed by atoms with van der Waals surface area (Å²) in [5.41, 5.74) is 1.91. The van der Waals surface area contributed by atoms with Crippen LogP contribution in [0, 0.1) is 0 Å². The van der Waals surface area contributed by atoms with Crippen LogP contribution in [0.2, 0.25) is 0 Å². The molecule has 0 spiro atoms. The molecule has 0 amide bonds. The van der Waals surface area contributed by atoms with Gasteiger partial charge in [0.25, 0.3) is 0 Å². The van der Waals surface area contributed by atoms with E-state index in [2.05, 4.69) is 6.92 Å². The standard InChI is InChI=1S/C21H31NO6/c1-2-3-4-5-6-7-8-17-9-11-18(12-10-17)13-22(14-19(23)24,15-20(25)26)16-21(27)28/h9-12H,2-8,13-16H2,1H3,(H2-,23,24,25,26,27,28)/p+1. The number of carboxylic acids is 3. The van der Waals surface area contributed by atoms with Gasteiger partial charge >= 0.3 is 17.9 Å². The maximum atomic E-state index is 11.2. The summed E-state index contributed by atoms with van der Waals surface area (Å²) in [4.78, 5) is 33.7. The van der Waals surface area contributed by atoms with Gasteiger partial charge in [0.2, 0.25) is 0 Å². The van der Waals surface area contributed by atoms with Crippen molar-refractivity contribution in [2.24, 2.45) is 0 Å². The van der Waals surface area contributed by atoms with Crippen LogP contribution in [0.15, 0.2) is 24.3 Å². The summed E-state index contributed by atoms with van der Waals surface area (Å²) >= 11 is 0. The first-order chi connectivity index (χ1) is 13.3. The van der Waals surface area contributed by atoms with Gasteiger partial charge in [-0.3, -0.25) is 4.48 Å². The third-order valence-electron chi connectivity index (χ3n) is 4.77. The summed E-state index contributed by atoms with van der Waals surface area (Å²) in [6.07, 6.45) is 8.28. The number of carboxylic acid groups (broad SMARTS) is 3. The highest BCUT2D eigenvalue weighted by Crippen LogP contribution is 2.17. The lowest BCUT2D eigenvalue weighted by Crippen LogP contribution is -2.55. The monoisotopic (exact) mass is 394 g/mol. The van der Waals surface area contributed by atoms with Gasteiger partial charge in [0.1, 0.15) is 6.54 Å². The highest BCUT2D eigenvalue weighted by atomic mass is 16.4. The second-order valence-electron chi connectivity index (χ2n) is 7.49. The largest absolute Gasteiger partial charge is 0.477 e. The molecule has 1 aromatic carbocycles. The molecule has 28 heavy (non-hydrogen) atoms. The molecule has 0 aliphatic heterocycles. The fraction of sp³-hybridized carbons (Fsp3) is 0.571. The Morgan fingerprint density at radius 2 is 1.14 bits per heavy atom. The number of hydrogen-bond acceptors (Lipinski definition) is 3. The number of unbranched alkanes of at least 4 members (excludes halogenated alkanes) is 5. The highest BCUT2D eigenvalue weighted by molar-refractivity contribution is 5.73. The van der Waals surface area contributed by atoms with Crippen molar-refractivity contribution in [3.05, 3.63) is 35.4 Å². The molecule has 0 unspecified atom stereocenters. The number of carbonyl (C=O) groups is 3. The molecule has 7 nitrogen and oxygen atoms in total. The molecular weight excluding hydrogens is 362 g/mol. The third-order valence-corrected chi connectivity index (χ3v) is 4.77. The Morgan fingerprint density at radius 1 is 0.714 bits per heavy atom. The second-order valence-corrected chi connectivity index (χ2v) is 7.49. The van der Waals surface area contributed by atoms with Crippen LogP contribution in [0.4, 0.5) is 0 Å². The number of quaternary nitrogens is 1. The molecule has 1 rings (SSSR count). The van der Waals surface area contributed by atoms with E-state index in [1.807, 2.05) is 24.3 Å². The van der Waals surface area contributed by atoms with E-state index in [0.717, 1.165) is 18.4 Å². The van der Waals surface area contributed by atoms with Crippen LogP contribution in [-0.2, 0) is 27.3 Å². The molecule has 0 aromatic heterocycles. The van der Waals surface area contributed by atoms with E-state index in [0.29, 0.717) is 0 Å². The van der Waals surface area contributed by atoms with Gasteiger partial charge in [-0.15, -0.1) is 0 Å². The van der Waals surface area contributed by atoms with Gasteiger partial charge in [0.15, 0.2) is 19.6 Å². The van der Waals surface area contributed by atoms with Crippen LogP contribution in [0.5, 0.6) is 0 Å². The molecule has 0 atom stereocenters. The lowest BCUT2D eigenvalue weighted by molar-refractivity contribution is -0.920. The fourth-order valence-electron chi connectivity index (χ4n) is 3.50. The van der Waals surface area contributed by atoms with Crippen LogP contribution in [0.25, 0.3) is 0 Å². The predicted octanol–water partition coefficient (Wildman–Crippen LogP) is 3.16. The lowest BCUT2D eigenvalue weighted by atomic mass is 10.0. The quantitative estimate of drug-likeness (QED) is 0.311. The molecule has 156 valence electrons. The van der Waals surface area contributed by atoms with Crippen molar-refractivity contribution in [2.75, 3.05) is 19.6 Å². The molecule has 0 aliphatic carbocycles. The molecule has 0 saturated heterocycles. The van der Waals surface area contributed by atoms with Crippen molar-refractivity contribution in [2.45, 2.75) is 58.4 Å². The Labute approximate surface area is 166 Å². The molecular formula is C21H32NO6+. The van der Waals surface area contributed by atoms with Gasteiger partial charge in [-0.05, 0) is 18.4 Å². The van der Waals surface area contributed by atoms with Crippen molar-refractivity contribution < 1.29 is 34.2 Å². The van der Waals surface area contributed by atoms with Gasteiger partial charge in [-0.2, -0.15) is 0 Å². The van der Waals surface area contributed by atoms with E-state index in [-0.39, 0.29) is 6.54 Å². The van der Waals surface area contributed by atoms with Crippen LogP contribution in [0.3, 0.4) is 0 Å². The molecule has 0 heterocycles.